The molecule has 0 bridgehead atoms. The number of carboxylic acid groups (broad SMARTS) is 1. The quantitative estimate of drug-likeness (QED) is 0.576. The number of carbonyl (C=O) groups is 1. The fourth-order valence-corrected chi connectivity index (χ4v) is 2.64. The second-order valence-corrected chi connectivity index (χ2v) is 5.89. The van der Waals surface area contributed by atoms with Gasteiger partial charge in [-0.05, 0) is 29.3 Å². The van der Waals surface area contributed by atoms with Crippen molar-refractivity contribution < 1.29 is 23.2 Å². The fraction of sp³-hybridized carbons (Fsp3) is 0.400. The predicted octanol–water partition coefficient (Wildman–Crippen LogP) is 0.521. The molecule has 0 aromatic carbocycles. The van der Waals surface area contributed by atoms with Crippen molar-refractivity contribution in [1.82, 2.24) is 9.71 Å². The fourth-order valence-electron chi connectivity index (χ4n) is 1.26. The monoisotopic (exact) mass is 303 g/mol. The molecule has 20 heavy (non-hydrogen) atoms. The Hall–Kier alpha value is -2.07. The van der Waals surface area contributed by atoms with E-state index in [2.05, 4.69) is 4.98 Å². The number of nitrogens with one attached hydrogen (secondary N) is 1. The molecule has 0 saturated heterocycles. The minimum Gasteiger partial charge on any atom is -0.480 e. The molecule has 1 rings (SSSR count). The van der Waals surface area contributed by atoms with Crippen LogP contribution in [0.4, 0.5) is 5.82 Å². The molecule has 110 valence electrons. The van der Waals surface area contributed by atoms with E-state index in [4.69, 9.17) is 5.11 Å². The number of hydrogen-bond donors (Lipinski definition) is 2. The Morgan fingerprint density at radius 3 is 2.50 bits per heavy atom. The molecule has 0 aliphatic heterocycles. The topological polar surface area (TPSA) is 140 Å². The zero-order valence-corrected chi connectivity index (χ0v) is 11.5. The molecule has 0 spiro atoms. The van der Waals surface area contributed by atoms with Gasteiger partial charge in [0.05, 0.1) is 0 Å². The first-order valence-corrected chi connectivity index (χ1v) is 6.98. The maximum absolute atomic E-state index is 12.0. The molecular weight excluding hydrogens is 290 g/mol. The number of aromatic nitrogens is 1. The molecule has 0 aliphatic rings. The van der Waals surface area contributed by atoms with Gasteiger partial charge in [-0.3, -0.25) is 4.79 Å². The van der Waals surface area contributed by atoms with Crippen LogP contribution in [0.15, 0.2) is 23.2 Å². The first kappa shape index (κ1) is 16.0. The molecule has 1 heterocycles. The van der Waals surface area contributed by atoms with Gasteiger partial charge in [0.25, 0.3) is 0 Å². The van der Waals surface area contributed by atoms with Crippen molar-refractivity contribution in [3.8, 4) is 0 Å². The van der Waals surface area contributed by atoms with Crippen molar-refractivity contribution in [1.29, 1.82) is 0 Å². The summed E-state index contributed by atoms with van der Waals surface area (Å²) in [5.74, 6) is -1.82. The Morgan fingerprint density at radius 2 is 2.15 bits per heavy atom. The Kier molecular flexibility index (Phi) is 4.40. The van der Waals surface area contributed by atoms with E-state index in [-0.39, 0.29) is 11.3 Å². The van der Waals surface area contributed by atoms with Crippen molar-refractivity contribution in [2.45, 2.75) is 30.7 Å². The molecule has 0 aliphatic carbocycles. The van der Waals surface area contributed by atoms with Crippen molar-refractivity contribution in [3.05, 3.63) is 28.4 Å². The van der Waals surface area contributed by atoms with Gasteiger partial charge in [-0.2, -0.15) is 4.72 Å². The average Bonchev–Trinajstić information content (AvgIpc) is 2.38. The van der Waals surface area contributed by atoms with Gasteiger partial charge in [0.1, 0.15) is 10.4 Å². The molecule has 0 amide bonds. The van der Waals surface area contributed by atoms with E-state index in [0.717, 1.165) is 18.3 Å². The molecule has 9 nitrogen and oxygen atoms in total. The molecular formula is C10H13N3O6S. The van der Waals surface area contributed by atoms with Gasteiger partial charge in [-0.15, -0.1) is 0 Å². The van der Waals surface area contributed by atoms with Crippen LogP contribution < -0.4 is 4.72 Å². The van der Waals surface area contributed by atoms with Crippen LogP contribution in [0.5, 0.6) is 0 Å². The molecule has 1 aromatic heterocycles. The number of pyridine rings is 1. The van der Waals surface area contributed by atoms with E-state index in [1.807, 2.05) is 4.72 Å². The smallest absolute Gasteiger partial charge is 0.363 e. The van der Waals surface area contributed by atoms with Gasteiger partial charge in [0.2, 0.25) is 10.0 Å². The highest BCUT2D eigenvalue weighted by Gasteiger charge is 2.36. The third-order valence-corrected chi connectivity index (χ3v) is 4.34. The molecule has 1 unspecified atom stereocenters. The lowest BCUT2D eigenvalue weighted by Crippen LogP contribution is -2.51. The van der Waals surface area contributed by atoms with Gasteiger partial charge in [-0.1, -0.05) is 6.92 Å². The predicted molar refractivity (Wildman–Crippen MR) is 67.5 cm³/mol. The highest BCUT2D eigenvalue weighted by atomic mass is 32.2. The van der Waals surface area contributed by atoms with Crippen LogP contribution in [0.3, 0.4) is 0 Å². The van der Waals surface area contributed by atoms with Crippen molar-refractivity contribution in [2.75, 3.05) is 0 Å². The zero-order chi connectivity index (χ0) is 15.6. The van der Waals surface area contributed by atoms with Gasteiger partial charge in [-0.25, -0.2) is 8.42 Å². The number of hydrogen-bond acceptors (Lipinski definition) is 6. The summed E-state index contributed by atoms with van der Waals surface area (Å²) in [6, 6.07) is 1.92. The largest absolute Gasteiger partial charge is 0.480 e. The Balaban J connectivity index is 3.11. The maximum atomic E-state index is 12.0. The number of aliphatic carboxylic acids is 1. The Morgan fingerprint density at radius 1 is 1.55 bits per heavy atom. The average molecular weight is 303 g/mol. The Bertz CT molecular complexity index is 627. The molecule has 0 fully saturated rings. The summed E-state index contributed by atoms with van der Waals surface area (Å²) in [6.45, 7) is 2.75. The number of nitrogens with zero attached hydrogens (tertiary/aromatic N) is 2. The standard InChI is InChI=1S/C10H13N3O6S/c1-3-10(2,9(14)15)12-20(18,19)7-4-5-8(11-6-7)13(16)17/h4-6,12H,3H2,1-2H3,(H,14,15). The van der Waals surface area contributed by atoms with E-state index in [1.165, 1.54) is 13.8 Å². The molecule has 10 heteroatoms. The van der Waals surface area contributed by atoms with Crippen LogP contribution in [0.2, 0.25) is 0 Å². The lowest BCUT2D eigenvalue weighted by atomic mass is 10.0. The van der Waals surface area contributed by atoms with E-state index in [1.54, 1.807) is 0 Å². The van der Waals surface area contributed by atoms with Crippen molar-refractivity contribution in [3.63, 3.8) is 0 Å². The van der Waals surface area contributed by atoms with Crippen LogP contribution in [0, 0.1) is 10.1 Å². The number of nitro groups is 1. The summed E-state index contributed by atoms with van der Waals surface area (Å²) in [5, 5.41) is 19.5. The van der Waals surface area contributed by atoms with E-state index in [9.17, 15) is 23.3 Å². The maximum Gasteiger partial charge on any atom is 0.363 e. The summed E-state index contributed by atoms with van der Waals surface area (Å²) in [4.78, 5) is 23.8. The molecule has 2 N–H and O–H groups in total. The molecule has 1 atom stereocenters. The minimum absolute atomic E-state index is 0.0297. The van der Waals surface area contributed by atoms with Crippen molar-refractivity contribution >= 4 is 21.8 Å². The number of carboxylic acids is 1. The van der Waals surface area contributed by atoms with Crippen LogP contribution in [0.25, 0.3) is 0 Å². The first-order chi connectivity index (χ1) is 9.12. The van der Waals surface area contributed by atoms with Crippen LogP contribution in [-0.2, 0) is 14.8 Å². The summed E-state index contributed by atoms with van der Waals surface area (Å²) < 4.78 is 26.1. The van der Waals surface area contributed by atoms with E-state index < -0.39 is 32.3 Å². The summed E-state index contributed by atoms with van der Waals surface area (Å²) in [6.07, 6.45) is 0.834. The van der Waals surface area contributed by atoms with Gasteiger partial charge < -0.3 is 15.2 Å². The minimum atomic E-state index is -4.13. The lowest BCUT2D eigenvalue weighted by Gasteiger charge is -2.23. The van der Waals surface area contributed by atoms with Gasteiger partial charge in [0.15, 0.2) is 6.20 Å². The summed E-state index contributed by atoms with van der Waals surface area (Å²) in [7, 11) is -4.13. The normalized spacial score (nSPS) is 14.5. The van der Waals surface area contributed by atoms with E-state index in [0.29, 0.717) is 0 Å². The highest BCUT2D eigenvalue weighted by Crippen LogP contribution is 2.17. The van der Waals surface area contributed by atoms with Crippen LogP contribution >= 0.6 is 0 Å². The number of sulfonamides is 1. The second kappa shape index (κ2) is 5.51. The van der Waals surface area contributed by atoms with Crippen molar-refractivity contribution in [2.24, 2.45) is 0 Å². The number of rotatable bonds is 6. The summed E-state index contributed by atoms with van der Waals surface area (Å²) in [5.41, 5.74) is -1.67. The second-order valence-electron chi connectivity index (χ2n) is 4.21. The molecule has 1 aromatic rings. The first-order valence-electron chi connectivity index (χ1n) is 5.50. The highest BCUT2D eigenvalue weighted by molar-refractivity contribution is 7.89. The SMILES string of the molecule is CCC(C)(NS(=O)(=O)c1ccc([N+](=O)[O-])nc1)C(=O)O. The van der Waals surface area contributed by atoms with E-state index >= 15 is 0 Å². The van der Waals surface area contributed by atoms with Crippen LogP contribution in [0.1, 0.15) is 20.3 Å². The molecule has 0 saturated carbocycles. The van der Waals surface area contributed by atoms with Gasteiger partial charge >= 0.3 is 11.8 Å². The van der Waals surface area contributed by atoms with Gasteiger partial charge in [0, 0.05) is 6.07 Å². The summed E-state index contributed by atoms with van der Waals surface area (Å²) >= 11 is 0. The Labute approximate surface area is 114 Å². The lowest BCUT2D eigenvalue weighted by molar-refractivity contribution is -0.389. The third kappa shape index (κ3) is 3.27. The third-order valence-electron chi connectivity index (χ3n) is 2.76. The van der Waals surface area contributed by atoms with Crippen LogP contribution in [-0.4, -0.2) is 34.9 Å². The molecule has 0 radical (unpaired) electrons. The zero-order valence-electron chi connectivity index (χ0n) is 10.7.